The summed E-state index contributed by atoms with van der Waals surface area (Å²) in [6, 6.07) is 0.196. The highest BCUT2D eigenvalue weighted by atomic mass is 16.2. The molecule has 0 unspecified atom stereocenters. The number of nitrogens with one attached hydrogen (secondary N) is 1. The fourth-order valence-corrected chi connectivity index (χ4v) is 2.00. The summed E-state index contributed by atoms with van der Waals surface area (Å²) < 4.78 is 1.42. The Kier molecular flexibility index (Phi) is 4.10. The molecule has 2 heterocycles. The molecule has 0 bridgehead atoms. The zero-order valence-electron chi connectivity index (χ0n) is 10.9. The number of likely N-dealkylation sites (tertiary alicyclic amines) is 1. The van der Waals surface area contributed by atoms with E-state index in [1.54, 1.807) is 4.90 Å². The third kappa shape index (κ3) is 3.75. The summed E-state index contributed by atoms with van der Waals surface area (Å²) in [5, 5.41) is 10.1. The zero-order chi connectivity index (χ0) is 13.8. The smallest absolute Gasteiger partial charge is 0.244 e. The molecule has 2 amide bonds. The Hall–Kier alpha value is -1.96. The van der Waals surface area contributed by atoms with Crippen molar-refractivity contribution in [1.29, 1.82) is 0 Å². The van der Waals surface area contributed by atoms with Gasteiger partial charge in [-0.25, -0.2) is 4.68 Å². The molecule has 0 radical (unpaired) electrons. The lowest BCUT2D eigenvalue weighted by Crippen LogP contribution is -2.44. The predicted octanol–water partition coefficient (Wildman–Crippen LogP) is -0.814. The largest absolute Gasteiger partial charge is 0.341 e. The van der Waals surface area contributed by atoms with Gasteiger partial charge in [0.05, 0.1) is 6.20 Å². The van der Waals surface area contributed by atoms with Gasteiger partial charge in [0, 0.05) is 26.1 Å². The molecular formula is C11H18N6O2. The van der Waals surface area contributed by atoms with Crippen LogP contribution in [-0.2, 0) is 16.1 Å². The first-order chi connectivity index (χ1) is 9.04. The molecule has 0 aromatic carbocycles. The Morgan fingerprint density at radius 1 is 1.47 bits per heavy atom. The van der Waals surface area contributed by atoms with Crippen molar-refractivity contribution in [1.82, 2.24) is 19.9 Å². The van der Waals surface area contributed by atoms with Gasteiger partial charge < -0.3 is 16.0 Å². The van der Waals surface area contributed by atoms with Crippen LogP contribution in [0.1, 0.15) is 19.8 Å². The Morgan fingerprint density at radius 3 is 2.79 bits per heavy atom. The Bertz CT molecular complexity index is 464. The quantitative estimate of drug-likeness (QED) is 0.744. The normalized spacial score (nSPS) is 16.4. The second kappa shape index (κ2) is 5.79. The number of carbonyl (C=O) groups is 2. The van der Waals surface area contributed by atoms with Gasteiger partial charge in [-0.1, -0.05) is 5.21 Å². The number of aromatic nitrogens is 3. The van der Waals surface area contributed by atoms with E-state index in [0.29, 0.717) is 18.9 Å². The van der Waals surface area contributed by atoms with Crippen LogP contribution in [0.3, 0.4) is 0 Å². The number of hydrogen-bond donors (Lipinski definition) is 2. The molecular weight excluding hydrogens is 248 g/mol. The Morgan fingerprint density at radius 2 is 2.16 bits per heavy atom. The fraction of sp³-hybridized carbons (Fsp3) is 0.636. The lowest BCUT2D eigenvalue weighted by molar-refractivity contribution is -0.133. The molecule has 0 saturated carbocycles. The highest BCUT2D eigenvalue weighted by molar-refractivity contribution is 5.87. The second-order valence-electron chi connectivity index (χ2n) is 4.70. The number of carbonyl (C=O) groups excluding carboxylic acids is 2. The van der Waals surface area contributed by atoms with Gasteiger partial charge in [-0.3, -0.25) is 9.59 Å². The maximum Gasteiger partial charge on any atom is 0.244 e. The first-order valence-corrected chi connectivity index (χ1v) is 6.25. The van der Waals surface area contributed by atoms with Crippen LogP contribution in [0.5, 0.6) is 0 Å². The molecule has 0 aliphatic carbocycles. The predicted molar refractivity (Wildman–Crippen MR) is 68.1 cm³/mol. The van der Waals surface area contributed by atoms with Crippen LogP contribution in [0.15, 0.2) is 6.20 Å². The van der Waals surface area contributed by atoms with Crippen molar-refractivity contribution in [3.8, 4) is 0 Å². The molecule has 8 heteroatoms. The van der Waals surface area contributed by atoms with Crippen LogP contribution in [0.25, 0.3) is 0 Å². The fourth-order valence-electron chi connectivity index (χ4n) is 2.00. The van der Waals surface area contributed by atoms with E-state index >= 15 is 0 Å². The molecule has 1 aromatic heterocycles. The standard InChI is InChI=1S/C11H18N6O2/c1-8(18)13-10-6-17(15-14-10)7-11(19)16-4-2-9(12)3-5-16/h6,9H,2-5,7,12H2,1H3,(H,13,18). The van der Waals surface area contributed by atoms with E-state index in [1.165, 1.54) is 17.8 Å². The van der Waals surface area contributed by atoms with E-state index < -0.39 is 0 Å². The van der Waals surface area contributed by atoms with Crippen molar-refractivity contribution >= 4 is 17.6 Å². The number of anilines is 1. The molecule has 1 fully saturated rings. The first kappa shape index (κ1) is 13.5. The Labute approximate surface area is 110 Å². The van der Waals surface area contributed by atoms with Crippen molar-refractivity contribution in [3.63, 3.8) is 0 Å². The number of nitrogens with zero attached hydrogens (tertiary/aromatic N) is 4. The number of nitrogens with two attached hydrogens (primary N) is 1. The minimum atomic E-state index is -0.219. The molecule has 1 aliphatic heterocycles. The molecule has 104 valence electrons. The van der Waals surface area contributed by atoms with Crippen LogP contribution in [0.4, 0.5) is 5.82 Å². The summed E-state index contributed by atoms with van der Waals surface area (Å²) in [5.41, 5.74) is 5.79. The molecule has 0 atom stereocenters. The summed E-state index contributed by atoms with van der Waals surface area (Å²) >= 11 is 0. The van der Waals surface area contributed by atoms with Gasteiger partial charge in [-0.2, -0.15) is 0 Å². The van der Waals surface area contributed by atoms with E-state index in [1.807, 2.05) is 0 Å². The summed E-state index contributed by atoms with van der Waals surface area (Å²) in [4.78, 5) is 24.6. The van der Waals surface area contributed by atoms with E-state index in [9.17, 15) is 9.59 Å². The monoisotopic (exact) mass is 266 g/mol. The molecule has 1 saturated heterocycles. The second-order valence-corrected chi connectivity index (χ2v) is 4.70. The average Bonchev–Trinajstić information content (AvgIpc) is 2.76. The summed E-state index contributed by atoms with van der Waals surface area (Å²) in [7, 11) is 0. The van der Waals surface area contributed by atoms with Gasteiger partial charge in [-0.15, -0.1) is 5.10 Å². The number of rotatable bonds is 3. The van der Waals surface area contributed by atoms with Gasteiger partial charge in [-0.05, 0) is 12.8 Å². The van der Waals surface area contributed by atoms with Gasteiger partial charge in [0.2, 0.25) is 11.8 Å². The van der Waals surface area contributed by atoms with Gasteiger partial charge in [0.25, 0.3) is 0 Å². The van der Waals surface area contributed by atoms with Crippen molar-refractivity contribution < 1.29 is 9.59 Å². The number of piperidine rings is 1. The van der Waals surface area contributed by atoms with E-state index in [0.717, 1.165) is 12.8 Å². The summed E-state index contributed by atoms with van der Waals surface area (Å²) in [6.45, 7) is 2.89. The van der Waals surface area contributed by atoms with Gasteiger partial charge in [0.15, 0.2) is 5.82 Å². The lowest BCUT2D eigenvalue weighted by atomic mass is 10.1. The molecule has 3 N–H and O–H groups in total. The topological polar surface area (TPSA) is 106 Å². The van der Waals surface area contributed by atoms with Crippen molar-refractivity contribution in [2.24, 2.45) is 5.73 Å². The first-order valence-electron chi connectivity index (χ1n) is 6.25. The average molecular weight is 266 g/mol. The highest BCUT2D eigenvalue weighted by Gasteiger charge is 2.21. The third-order valence-electron chi connectivity index (χ3n) is 3.03. The van der Waals surface area contributed by atoms with Crippen LogP contribution in [0, 0.1) is 0 Å². The van der Waals surface area contributed by atoms with Gasteiger partial charge in [0.1, 0.15) is 6.54 Å². The molecule has 8 nitrogen and oxygen atoms in total. The molecule has 1 aromatic rings. The maximum atomic E-state index is 12.0. The van der Waals surface area contributed by atoms with Crippen molar-refractivity contribution in [3.05, 3.63) is 6.20 Å². The SMILES string of the molecule is CC(=O)Nc1cn(CC(=O)N2CCC(N)CC2)nn1. The van der Waals surface area contributed by atoms with E-state index in [2.05, 4.69) is 15.6 Å². The van der Waals surface area contributed by atoms with Crippen molar-refractivity contribution in [2.75, 3.05) is 18.4 Å². The number of amides is 2. The van der Waals surface area contributed by atoms with Crippen LogP contribution in [0.2, 0.25) is 0 Å². The highest BCUT2D eigenvalue weighted by Crippen LogP contribution is 2.09. The molecule has 19 heavy (non-hydrogen) atoms. The van der Waals surface area contributed by atoms with Crippen LogP contribution < -0.4 is 11.1 Å². The lowest BCUT2D eigenvalue weighted by Gasteiger charge is -2.30. The third-order valence-corrected chi connectivity index (χ3v) is 3.03. The van der Waals surface area contributed by atoms with E-state index in [4.69, 9.17) is 5.73 Å². The summed E-state index contributed by atoms with van der Waals surface area (Å²) in [6.07, 6.45) is 3.20. The minimum Gasteiger partial charge on any atom is -0.341 e. The molecule has 1 aliphatic rings. The Balaban J connectivity index is 1.88. The number of hydrogen-bond acceptors (Lipinski definition) is 5. The van der Waals surface area contributed by atoms with Gasteiger partial charge >= 0.3 is 0 Å². The minimum absolute atomic E-state index is 0.00817. The van der Waals surface area contributed by atoms with Crippen molar-refractivity contribution in [2.45, 2.75) is 32.4 Å². The maximum absolute atomic E-state index is 12.0. The van der Waals surface area contributed by atoms with Crippen LogP contribution >= 0.6 is 0 Å². The zero-order valence-corrected chi connectivity index (χ0v) is 10.9. The van der Waals surface area contributed by atoms with E-state index in [-0.39, 0.29) is 24.4 Å². The molecule has 2 rings (SSSR count). The summed E-state index contributed by atoms with van der Waals surface area (Å²) in [5.74, 6) is 0.121. The van der Waals surface area contributed by atoms with Crippen LogP contribution in [-0.4, -0.2) is 50.8 Å². The molecule has 0 spiro atoms.